The zero-order chi connectivity index (χ0) is 23.8. The Morgan fingerprint density at radius 1 is 1.12 bits per heavy atom. The van der Waals surface area contributed by atoms with E-state index in [1.54, 1.807) is 0 Å². The van der Waals surface area contributed by atoms with Crippen molar-refractivity contribution < 1.29 is 19.1 Å². The number of nitrogens with one attached hydrogen (secondary N) is 3. The second kappa shape index (κ2) is 11.6. The molecular weight excluding hydrogens is 432 g/mol. The van der Waals surface area contributed by atoms with E-state index in [0.717, 1.165) is 48.1 Å². The first kappa shape index (κ1) is 23.6. The topological polar surface area (TPSA) is 95.7 Å². The van der Waals surface area contributed by atoms with Gasteiger partial charge in [0.15, 0.2) is 0 Å². The third-order valence-electron chi connectivity index (χ3n) is 5.95. The van der Waals surface area contributed by atoms with Crippen LogP contribution in [-0.2, 0) is 20.7 Å². The zero-order valence-corrected chi connectivity index (χ0v) is 19.5. The van der Waals surface area contributed by atoms with E-state index in [1.165, 1.54) is 0 Å². The molecule has 1 atom stereocenters. The van der Waals surface area contributed by atoms with Crippen LogP contribution >= 0.6 is 0 Å². The van der Waals surface area contributed by atoms with Crippen LogP contribution in [0.25, 0.3) is 10.9 Å². The minimum Gasteiger partial charge on any atom is -0.450 e. The highest BCUT2D eigenvalue weighted by Crippen LogP contribution is 2.21. The van der Waals surface area contributed by atoms with E-state index in [9.17, 15) is 9.59 Å². The number of fused-ring (bicyclic) bond motifs is 1. The molecule has 2 heterocycles. The number of aromatic nitrogens is 1. The summed E-state index contributed by atoms with van der Waals surface area (Å²) in [5.41, 5.74) is 3.70. The van der Waals surface area contributed by atoms with E-state index in [1.807, 2.05) is 61.7 Å². The Morgan fingerprint density at radius 2 is 1.88 bits per heavy atom. The fourth-order valence-corrected chi connectivity index (χ4v) is 4.03. The highest BCUT2D eigenvalue weighted by atomic mass is 16.5. The number of hydrogen-bond acceptors (Lipinski definition) is 5. The molecule has 1 fully saturated rings. The molecule has 3 N–H and O–H groups in total. The number of ether oxygens (including phenoxy) is 2. The van der Waals surface area contributed by atoms with Crippen LogP contribution in [0, 0.1) is 0 Å². The normalized spacial score (nSPS) is 14.6. The third kappa shape index (κ3) is 6.08. The molecule has 1 unspecified atom stereocenters. The second-order valence-electron chi connectivity index (χ2n) is 8.39. The predicted molar refractivity (Wildman–Crippen MR) is 133 cm³/mol. The summed E-state index contributed by atoms with van der Waals surface area (Å²) in [6, 6.07) is 14.8. The summed E-state index contributed by atoms with van der Waals surface area (Å²) in [6.07, 6.45) is 3.34. The van der Waals surface area contributed by atoms with Gasteiger partial charge in [0.1, 0.15) is 6.04 Å². The summed E-state index contributed by atoms with van der Waals surface area (Å²) in [7, 11) is 0. The van der Waals surface area contributed by atoms with Crippen molar-refractivity contribution in [1.82, 2.24) is 10.3 Å². The molecule has 1 saturated heterocycles. The number of benzene rings is 2. The number of amides is 2. The number of anilines is 2. The molecule has 3 aromatic rings. The number of carbonyl (C=O) groups is 2. The lowest BCUT2D eigenvalue weighted by Gasteiger charge is -2.29. The van der Waals surface area contributed by atoms with Crippen molar-refractivity contribution in [3.8, 4) is 0 Å². The van der Waals surface area contributed by atoms with E-state index in [4.69, 9.17) is 9.47 Å². The van der Waals surface area contributed by atoms with E-state index < -0.39 is 12.1 Å². The van der Waals surface area contributed by atoms with Gasteiger partial charge in [-0.3, -0.25) is 4.79 Å². The van der Waals surface area contributed by atoms with E-state index in [-0.39, 0.29) is 5.91 Å². The monoisotopic (exact) mass is 464 g/mol. The fourth-order valence-electron chi connectivity index (χ4n) is 4.03. The molecule has 2 amide bonds. The van der Waals surface area contributed by atoms with Gasteiger partial charge in [0, 0.05) is 48.0 Å². The number of aromatic amines is 1. The van der Waals surface area contributed by atoms with Gasteiger partial charge in [0.05, 0.1) is 19.8 Å². The maximum Gasteiger partial charge on any atom is 0.407 e. The molecule has 34 heavy (non-hydrogen) atoms. The molecule has 180 valence electrons. The first-order valence-electron chi connectivity index (χ1n) is 11.9. The number of para-hydroxylation sites is 1. The van der Waals surface area contributed by atoms with Gasteiger partial charge in [-0.25, -0.2) is 4.79 Å². The number of unbranched alkanes of at least 4 members (excludes halogenated alkanes) is 1. The van der Waals surface area contributed by atoms with Gasteiger partial charge in [-0.15, -0.1) is 0 Å². The van der Waals surface area contributed by atoms with Crippen molar-refractivity contribution in [2.24, 2.45) is 0 Å². The van der Waals surface area contributed by atoms with Gasteiger partial charge in [-0.2, -0.15) is 0 Å². The molecule has 0 aliphatic carbocycles. The van der Waals surface area contributed by atoms with Gasteiger partial charge in [0.25, 0.3) is 0 Å². The van der Waals surface area contributed by atoms with Gasteiger partial charge in [-0.05, 0) is 42.3 Å². The summed E-state index contributed by atoms with van der Waals surface area (Å²) in [6.45, 7) is 5.48. The molecule has 1 aliphatic heterocycles. The summed E-state index contributed by atoms with van der Waals surface area (Å²) >= 11 is 0. The molecule has 0 spiro atoms. The molecule has 1 aromatic heterocycles. The fraction of sp³-hybridized carbons (Fsp3) is 0.385. The first-order valence-corrected chi connectivity index (χ1v) is 11.9. The minimum atomic E-state index is -0.785. The van der Waals surface area contributed by atoms with Crippen molar-refractivity contribution in [2.45, 2.75) is 32.2 Å². The van der Waals surface area contributed by atoms with Crippen LogP contribution in [0.3, 0.4) is 0 Å². The molecule has 8 nitrogen and oxygen atoms in total. The standard InChI is InChI=1S/C26H32N4O4/c1-2-3-14-34-26(32)29-24(17-19-18-27-23-7-5-4-6-22(19)23)25(31)28-20-8-10-21(11-9-20)30-12-15-33-16-13-30/h4-11,18,24,27H,2-3,12-17H2,1H3,(H,28,31)(H,29,32). The summed E-state index contributed by atoms with van der Waals surface area (Å²) < 4.78 is 10.7. The van der Waals surface area contributed by atoms with Crippen molar-refractivity contribution >= 4 is 34.3 Å². The Labute approximate surface area is 199 Å². The molecule has 8 heteroatoms. The predicted octanol–water partition coefficient (Wildman–Crippen LogP) is 4.08. The SMILES string of the molecule is CCCCOC(=O)NC(Cc1c[nH]c2ccccc12)C(=O)Nc1ccc(N2CCOCC2)cc1. The lowest BCUT2D eigenvalue weighted by atomic mass is 10.0. The van der Waals surface area contributed by atoms with Gasteiger partial charge < -0.3 is 30.0 Å². The smallest absolute Gasteiger partial charge is 0.407 e. The quantitative estimate of drug-likeness (QED) is 0.415. The van der Waals surface area contributed by atoms with Crippen molar-refractivity contribution in [3.63, 3.8) is 0 Å². The Morgan fingerprint density at radius 3 is 2.65 bits per heavy atom. The number of carbonyl (C=O) groups excluding carboxylic acids is 2. The molecule has 1 aliphatic rings. The highest BCUT2D eigenvalue weighted by molar-refractivity contribution is 5.97. The lowest BCUT2D eigenvalue weighted by Crippen LogP contribution is -2.45. The van der Waals surface area contributed by atoms with Gasteiger partial charge in [0.2, 0.25) is 5.91 Å². The number of morpholine rings is 1. The number of rotatable bonds is 9. The van der Waals surface area contributed by atoms with E-state index >= 15 is 0 Å². The molecular formula is C26H32N4O4. The number of nitrogens with zero attached hydrogens (tertiary/aromatic N) is 1. The van der Waals surface area contributed by atoms with Crippen LogP contribution in [0.15, 0.2) is 54.7 Å². The largest absolute Gasteiger partial charge is 0.450 e. The van der Waals surface area contributed by atoms with Gasteiger partial charge >= 0.3 is 6.09 Å². The molecule has 0 radical (unpaired) electrons. The molecule has 0 saturated carbocycles. The van der Waals surface area contributed by atoms with Crippen LogP contribution in [0.2, 0.25) is 0 Å². The Kier molecular flexibility index (Phi) is 8.04. The van der Waals surface area contributed by atoms with Crippen LogP contribution < -0.4 is 15.5 Å². The third-order valence-corrected chi connectivity index (χ3v) is 5.95. The summed E-state index contributed by atoms with van der Waals surface area (Å²) in [5, 5.41) is 6.72. The Bertz CT molecular complexity index is 1090. The van der Waals surface area contributed by atoms with Crippen LogP contribution in [0.5, 0.6) is 0 Å². The summed E-state index contributed by atoms with van der Waals surface area (Å²) in [4.78, 5) is 31.0. The Balaban J connectivity index is 1.45. The van der Waals surface area contributed by atoms with E-state index in [0.29, 0.717) is 31.9 Å². The van der Waals surface area contributed by atoms with Crippen LogP contribution in [0.1, 0.15) is 25.3 Å². The highest BCUT2D eigenvalue weighted by Gasteiger charge is 2.24. The maximum atomic E-state index is 13.2. The minimum absolute atomic E-state index is 0.295. The molecule has 0 bridgehead atoms. The zero-order valence-electron chi connectivity index (χ0n) is 19.5. The van der Waals surface area contributed by atoms with Crippen molar-refractivity contribution in [3.05, 3.63) is 60.3 Å². The summed E-state index contributed by atoms with van der Waals surface area (Å²) in [5.74, 6) is -0.295. The Hall–Kier alpha value is -3.52. The van der Waals surface area contributed by atoms with Crippen molar-refractivity contribution in [2.75, 3.05) is 43.1 Å². The lowest BCUT2D eigenvalue weighted by molar-refractivity contribution is -0.118. The maximum absolute atomic E-state index is 13.2. The second-order valence-corrected chi connectivity index (χ2v) is 8.39. The van der Waals surface area contributed by atoms with Crippen LogP contribution in [-0.4, -0.2) is 55.9 Å². The van der Waals surface area contributed by atoms with Crippen molar-refractivity contribution in [1.29, 1.82) is 0 Å². The van der Waals surface area contributed by atoms with Crippen LogP contribution in [0.4, 0.5) is 16.2 Å². The average molecular weight is 465 g/mol. The average Bonchev–Trinajstić information content (AvgIpc) is 3.27. The molecule has 4 rings (SSSR count). The first-order chi connectivity index (χ1) is 16.6. The van der Waals surface area contributed by atoms with E-state index in [2.05, 4.69) is 20.5 Å². The number of H-pyrrole nitrogens is 1. The molecule has 2 aromatic carbocycles. The number of alkyl carbamates (subject to hydrolysis) is 1. The number of hydrogen-bond donors (Lipinski definition) is 3. The van der Waals surface area contributed by atoms with Gasteiger partial charge in [-0.1, -0.05) is 31.5 Å².